The van der Waals surface area contributed by atoms with E-state index in [-0.39, 0.29) is 0 Å². The van der Waals surface area contributed by atoms with Gasteiger partial charge in [-0.05, 0) is 23.8 Å². The average molecular weight is 287 g/mol. The van der Waals surface area contributed by atoms with E-state index in [4.69, 9.17) is 4.74 Å². The van der Waals surface area contributed by atoms with Gasteiger partial charge in [0.1, 0.15) is 0 Å². The van der Waals surface area contributed by atoms with E-state index in [9.17, 15) is 5.11 Å². The minimum absolute atomic E-state index is 0.608. The van der Waals surface area contributed by atoms with Gasteiger partial charge in [0.05, 0.1) is 11.3 Å². The molecular weight excluding hydrogens is 266 g/mol. The summed E-state index contributed by atoms with van der Waals surface area (Å²) in [6, 6.07) is 10.2. The third-order valence-corrected chi connectivity index (χ3v) is 3.91. The lowest BCUT2D eigenvalue weighted by atomic mass is 9.94. The fourth-order valence-electron chi connectivity index (χ4n) is 2.56. The number of benzene rings is 1. The van der Waals surface area contributed by atoms with Crippen molar-refractivity contribution in [3.63, 3.8) is 0 Å². The number of aliphatic hydroxyl groups is 1. The maximum absolute atomic E-state index is 10.4. The number of aromatic nitrogens is 2. The first kappa shape index (κ1) is 14.3. The highest BCUT2D eigenvalue weighted by atomic mass is 16.5. The molecule has 21 heavy (non-hydrogen) atoms. The summed E-state index contributed by atoms with van der Waals surface area (Å²) >= 11 is 0. The van der Waals surface area contributed by atoms with Gasteiger partial charge in [-0.25, -0.2) is 4.68 Å². The Morgan fingerprint density at radius 3 is 2.67 bits per heavy atom. The zero-order valence-corrected chi connectivity index (χ0v) is 12.0. The van der Waals surface area contributed by atoms with Crippen molar-refractivity contribution in [2.75, 3.05) is 19.8 Å². The summed E-state index contributed by atoms with van der Waals surface area (Å²) in [5, 5.41) is 17.9. The molecule has 2 N–H and O–H groups in total. The second-order valence-electron chi connectivity index (χ2n) is 5.56. The largest absolute Gasteiger partial charge is 0.388 e. The first-order chi connectivity index (χ1) is 10.3. The molecule has 0 unspecified atom stereocenters. The molecule has 3 rings (SSSR count). The van der Waals surface area contributed by atoms with E-state index in [1.165, 1.54) is 5.56 Å². The first-order valence-electron chi connectivity index (χ1n) is 7.35. The van der Waals surface area contributed by atoms with Crippen LogP contribution in [0.4, 0.5) is 0 Å². The molecule has 5 heteroatoms. The van der Waals surface area contributed by atoms with Crippen molar-refractivity contribution in [3.8, 4) is 5.69 Å². The SMILES string of the molecule is OC1(CNCc2ccc(-n3cccn3)cc2)CCOCC1. The van der Waals surface area contributed by atoms with Crippen LogP contribution in [0.3, 0.4) is 0 Å². The molecule has 1 fully saturated rings. The van der Waals surface area contributed by atoms with Crippen molar-refractivity contribution in [1.29, 1.82) is 0 Å². The van der Waals surface area contributed by atoms with Gasteiger partial charge in [0.2, 0.25) is 0 Å². The van der Waals surface area contributed by atoms with Crippen molar-refractivity contribution in [2.45, 2.75) is 25.0 Å². The fraction of sp³-hybridized carbons (Fsp3) is 0.438. The summed E-state index contributed by atoms with van der Waals surface area (Å²) in [7, 11) is 0. The first-order valence-corrected chi connectivity index (χ1v) is 7.35. The molecule has 0 spiro atoms. The molecule has 112 valence electrons. The van der Waals surface area contributed by atoms with Crippen molar-refractivity contribution in [3.05, 3.63) is 48.3 Å². The molecule has 1 aliphatic heterocycles. The normalized spacial score (nSPS) is 17.8. The van der Waals surface area contributed by atoms with Crippen LogP contribution in [0.1, 0.15) is 18.4 Å². The molecule has 0 amide bonds. The molecule has 1 aromatic heterocycles. The van der Waals surface area contributed by atoms with Crippen LogP contribution in [0.2, 0.25) is 0 Å². The van der Waals surface area contributed by atoms with Gasteiger partial charge in [-0.15, -0.1) is 0 Å². The Labute approximate surface area is 124 Å². The van der Waals surface area contributed by atoms with Crippen LogP contribution >= 0.6 is 0 Å². The molecular formula is C16H21N3O2. The molecule has 5 nitrogen and oxygen atoms in total. The topological polar surface area (TPSA) is 59.3 Å². The molecule has 0 atom stereocenters. The summed E-state index contributed by atoms with van der Waals surface area (Å²) in [5.41, 5.74) is 1.63. The maximum atomic E-state index is 10.4. The second-order valence-corrected chi connectivity index (χ2v) is 5.56. The number of rotatable bonds is 5. The number of hydrogen-bond donors (Lipinski definition) is 2. The van der Waals surface area contributed by atoms with Crippen molar-refractivity contribution < 1.29 is 9.84 Å². The molecule has 0 aliphatic carbocycles. The average Bonchev–Trinajstić information content (AvgIpc) is 3.03. The molecule has 1 saturated heterocycles. The van der Waals surface area contributed by atoms with Gasteiger partial charge < -0.3 is 15.2 Å². The lowest BCUT2D eigenvalue weighted by Gasteiger charge is -2.32. The molecule has 1 aliphatic rings. The lowest BCUT2D eigenvalue weighted by molar-refractivity contribution is -0.0617. The minimum atomic E-state index is -0.618. The van der Waals surface area contributed by atoms with E-state index in [0.29, 0.717) is 32.6 Å². The Bertz CT molecular complexity index is 545. The van der Waals surface area contributed by atoms with Gasteiger partial charge >= 0.3 is 0 Å². The minimum Gasteiger partial charge on any atom is -0.388 e. The lowest BCUT2D eigenvalue weighted by Crippen LogP contribution is -2.44. The number of hydrogen-bond acceptors (Lipinski definition) is 4. The van der Waals surface area contributed by atoms with Crippen LogP contribution < -0.4 is 5.32 Å². The van der Waals surface area contributed by atoms with Gasteiger partial charge in [0.15, 0.2) is 0 Å². The molecule has 1 aromatic carbocycles. The van der Waals surface area contributed by atoms with E-state index >= 15 is 0 Å². The third kappa shape index (κ3) is 3.69. The predicted molar refractivity (Wildman–Crippen MR) is 80.3 cm³/mol. The standard InChI is InChI=1S/C16H21N3O2/c20-16(6-10-21-11-7-16)13-17-12-14-2-4-15(5-3-14)19-9-1-8-18-19/h1-5,8-9,17,20H,6-7,10-13H2. The van der Waals surface area contributed by atoms with E-state index in [1.807, 2.05) is 29.1 Å². The number of nitrogens with one attached hydrogen (secondary N) is 1. The van der Waals surface area contributed by atoms with Gasteiger partial charge in [-0.1, -0.05) is 12.1 Å². The fourth-order valence-corrected chi connectivity index (χ4v) is 2.56. The molecule has 2 aromatic rings. The van der Waals surface area contributed by atoms with E-state index in [0.717, 1.165) is 12.2 Å². The summed E-state index contributed by atoms with van der Waals surface area (Å²) in [4.78, 5) is 0. The zero-order valence-electron chi connectivity index (χ0n) is 12.0. The van der Waals surface area contributed by atoms with Crippen LogP contribution in [0.5, 0.6) is 0 Å². The Morgan fingerprint density at radius 2 is 2.00 bits per heavy atom. The third-order valence-electron chi connectivity index (χ3n) is 3.91. The van der Waals surface area contributed by atoms with Gasteiger partial charge in [0.25, 0.3) is 0 Å². The molecule has 0 bridgehead atoms. The molecule has 0 radical (unpaired) electrons. The number of ether oxygens (including phenoxy) is 1. The van der Waals surface area contributed by atoms with Gasteiger partial charge in [0, 0.05) is 51.5 Å². The van der Waals surface area contributed by atoms with Crippen molar-refractivity contribution >= 4 is 0 Å². The molecule has 2 heterocycles. The summed E-state index contributed by atoms with van der Waals surface area (Å²) in [6.07, 6.45) is 5.11. The number of nitrogens with zero attached hydrogens (tertiary/aromatic N) is 2. The monoisotopic (exact) mass is 287 g/mol. The van der Waals surface area contributed by atoms with E-state index < -0.39 is 5.60 Å². The van der Waals surface area contributed by atoms with Crippen molar-refractivity contribution in [1.82, 2.24) is 15.1 Å². The van der Waals surface area contributed by atoms with Gasteiger partial charge in [-0.2, -0.15) is 5.10 Å². The quantitative estimate of drug-likeness (QED) is 0.875. The Hall–Kier alpha value is -1.69. The highest BCUT2D eigenvalue weighted by Crippen LogP contribution is 2.19. The Balaban J connectivity index is 1.51. The summed E-state index contributed by atoms with van der Waals surface area (Å²) in [5.74, 6) is 0. The van der Waals surface area contributed by atoms with Crippen LogP contribution in [0, 0.1) is 0 Å². The van der Waals surface area contributed by atoms with E-state index in [2.05, 4.69) is 22.5 Å². The Kier molecular flexibility index (Phi) is 4.34. The zero-order chi connectivity index (χ0) is 14.5. The highest BCUT2D eigenvalue weighted by molar-refractivity contribution is 5.33. The van der Waals surface area contributed by atoms with Crippen LogP contribution in [-0.4, -0.2) is 40.2 Å². The summed E-state index contributed by atoms with van der Waals surface area (Å²) in [6.45, 7) is 2.66. The molecule has 0 saturated carbocycles. The smallest absolute Gasteiger partial charge is 0.0815 e. The van der Waals surface area contributed by atoms with Crippen LogP contribution in [-0.2, 0) is 11.3 Å². The highest BCUT2D eigenvalue weighted by Gasteiger charge is 2.28. The van der Waals surface area contributed by atoms with E-state index in [1.54, 1.807) is 6.20 Å². The van der Waals surface area contributed by atoms with Crippen LogP contribution in [0.15, 0.2) is 42.7 Å². The maximum Gasteiger partial charge on any atom is 0.0815 e. The predicted octanol–water partition coefficient (Wildman–Crippen LogP) is 1.50. The summed E-state index contributed by atoms with van der Waals surface area (Å²) < 4.78 is 7.12. The van der Waals surface area contributed by atoms with Gasteiger partial charge in [-0.3, -0.25) is 0 Å². The Morgan fingerprint density at radius 1 is 1.24 bits per heavy atom. The van der Waals surface area contributed by atoms with Crippen LogP contribution in [0.25, 0.3) is 5.69 Å². The second kappa shape index (κ2) is 6.39. The van der Waals surface area contributed by atoms with Crippen molar-refractivity contribution in [2.24, 2.45) is 0 Å².